The molecule has 1 N–H and O–H groups in total. The zero-order valence-corrected chi connectivity index (χ0v) is 17.1. The van der Waals surface area contributed by atoms with Crippen LogP contribution < -0.4 is 5.32 Å². The summed E-state index contributed by atoms with van der Waals surface area (Å²) in [4.78, 5) is 17.1. The Hall–Kier alpha value is -2.42. The van der Waals surface area contributed by atoms with Crippen molar-refractivity contribution < 1.29 is 18.0 Å². The van der Waals surface area contributed by atoms with Crippen molar-refractivity contribution in [1.29, 1.82) is 0 Å². The molecule has 1 aromatic carbocycles. The van der Waals surface area contributed by atoms with Gasteiger partial charge in [0, 0.05) is 27.7 Å². The Labute approximate surface area is 173 Å². The van der Waals surface area contributed by atoms with Crippen molar-refractivity contribution in [3.63, 3.8) is 0 Å². The number of hydrogen-bond acceptors (Lipinski definition) is 3. The van der Waals surface area contributed by atoms with Gasteiger partial charge in [0.1, 0.15) is 0 Å². The van der Waals surface area contributed by atoms with Crippen molar-refractivity contribution in [3.8, 4) is 0 Å². The number of hydrogen-bond donors (Lipinski definition) is 1. The second-order valence-corrected chi connectivity index (χ2v) is 8.15. The maximum atomic E-state index is 13.1. The molecule has 1 saturated carbocycles. The van der Waals surface area contributed by atoms with Gasteiger partial charge in [-0.15, -0.1) is 0 Å². The van der Waals surface area contributed by atoms with E-state index in [1.54, 1.807) is 25.3 Å². The first-order valence-corrected chi connectivity index (χ1v) is 10.0. The average molecular weight is 467 g/mol. The molecule has 1 fully saturated rings. The molecule has 1 aliphatic rings. The van der Waals surface area contributed by atoms with Crippen molar-refractivity contribution >= 4 is 38.4 Å². The van der Waals surface area contributed by atoms with Gasteiger partial charge in [-0.3, -0.25) is 14.5 Å². The van der Waals surface area contributed by atoms with Crippen molar-refractivity contribution in [2.24, 2.45) is 5.92 Å². The number of anilines is 1. The van der Waals surface area contributed by atoms with Crippen LogP contribution in [0.3, 0.4) is 0 Å². The minimum atomic E-state index is -4.50. The molecule has 0 spiro atoms. The standard InChI is InChI=1S/C20H18BrF3N4O/c1-11(10-28-16(12-4-5-12)9-17(27-28)20(22,23)24)19(29)26-15-7-6-14(21)13-3-2-8-25-18(13)15/h2-3,6-9,11-12H,4-5,10H2,1H3,(H,26,29). The minimum Gasteiger partial charge on any atom is -0.324 e. The molecule has 0 saturated heterocycles. The number of amides is 1. The molecule has 0 bridgehead atoms. The molecule has 2 aromatic heterocycles. The largest absolute Gasteiger partial charge is 0.435 e. The maximum Gasteiger partial charge on any atom is 0.435 e. The van der Waals surface area contributed by atoms with Gasteiger partial charge in [0.25, 0.3) is 0 Å². The van der Waals surface area contributed by atoms with Crippen LogP contribution in [0.4, 0.5) is 18.9 Å². The SMILES string of the molecule is CC(Cn1nc(C(F)(F)F)cc1C1CC1)C(=O)Nc1ccc(Br)c2cccnc12. The first kappa shape index (κ1) is 19.9. The summed E-state index contributed by atoms with van der Waals surface area (Å²) in [6.07, 6.45) is -1.17. The molecular weight excluding hydrogens is 449 g/mol. The Morgan fingerprint density at radius 2 is 2.10 bits per heavy atom. The van der Waals surface area contributed by atoms with Crippen molar-refractivity contribution in [2.45, 2.75) is 38.4 Å². The lowest BCUT2D eigenvalue weighted by Crippen LogP contribution is -2.26. The first-order chi connectivity index (χ1) is 13.7. The average Bonchev–Trinajstić information content (AvgIpc) is 3.43. The van der Waals surface area contributed by atoms with Gasteiger partial charge in [-0.1, -0.05) is 28.9 Å². The van der Waals surface area contributed by atoms with Crippen LogP contribution in [0.2, 0.25) is 0 Å². The van der Waals surface area contributed by atoms with E-state index in [-0.39, 0.29) is 18.4 Å². The third-order valence-electron chi connectivity index (χ3n) is 4.97. The fourth-order valence-corrected chi connectivity index (χ4v) is 3.71. The van der Waals surface area contributed by atoms with Crippen LogP contribution in [0.25, 0.3) is 10.9 Å². The molecule has 1 aliphatic carbocycles. The van der Waals surface area contributed by atoms with E-state index in [9.17, 15) is 18.0 Å². The zero-order valence-electron chi connectivity index (χ0n) is 15.5. The normalized spacial score (nSPS) is 15.5. The van der Waals surface area contributed by atoms with Crippen LogP contribution in [0.15, 0.2) is 41.0 Å². The lowest BCUT2D eigenvalue weighted by Gasteiger charge is -2.15. The number of alkyl halides is 3. The molecule has 5 nitrogen and oxygen atoms in total. The summed E-state index contributed by atoms with van der Waals surface area (Å²) in [5, 5.41) is 7.43. The summed E-state index contributed by atoms with van der Waals surface area (Å²) in [6.45, 7) is 1.76. The van der Waals surface area contributed by atoms with E-state index < -0.39 is 17.8 Å². The number of halogens is 4. The summed E-state index contributed by atoms with van der Waals surface area (Å²) in [5.41, 5.74) is 0.835. The van der Waals surface area contributed by atoms with Crippen molar-refractivity contribution in [3.05, 3.63) is 52.4 Å². The number of nitrogens with zero attached hydrogens (tertiary/aromatic N) is 3. The van der Waals surface area contributed by atoms with E-state index in [4.69, 9.17) is 0 Å². The minimum absolute atomic E-state index is 0.0790. The van der Waals surface area contributed by atoms with Crippen LogP contribution in [-0.2, 0) is 17.5 Å². The summed E-state index contributed by atoms with van der Waals surface area (Å²) in [7, 11) is 0. The summed E-state index contributed by atoms with van der Waals surface area (Å²) < 4.78 is 41.4. The van der Waals surface area contributed by atoms with E-state index in [1.165, 1.54) is 4.68 Å². The maximum absolute atomic E-state index is 13.1. The molecule has 1 atom stereocenters. The van der Waals surface area contributed by atoms with Gasteiger partial charge in [0.2, 0.25) is 5.91 Å². The lowest BCUT2D eigenvalue weighted by molar-refractivity contribution is -0.141. The predicted molar refractivity (Wildman–Crippen MR) is 106 cm³/mol. The molecule has 29 heavy (non-hydrogen) atoms. The summed E-state index contributed by atoms with van der Waals surface area (Å²) in [5.74, 6) is -0.783. The number of pyridine rings is 1. The van der Waals surface area contributed by atoms with E-state index in [1.807, 2.05) is 12.1 Å². The van der Waals surface area contributed by atoms with Crippen molar-refractivity contribution in [2.75, 3.05) is 5.32 Å². The Morgan fingerprint density at radius 3 is 2.79 bits per heavy atom. The molecule has 3 aromatic rings. The molecule has 4 rings (SSSR count). The molecule has 2 heterocycles. The van der Waals surface area contributed by atoms with Gasteiger partial charge in [0.15, 0.2) is 5.69 Å². The number of aromatic nitrogens is 3. The van der Waals surface area contributed by atoms with Gasteiger partial charge in [-0.05, 0) is 37.1 Å². The topological polar surface area (TPSA) is 59.8 Å². The second kappa shape index (κ2) is 7.44. The summed E-state index contributed by atoms with van der Waals surface area (Å²) >= 11 is 3.46. The third-order valence-corrected chi connectivity index (χ3v) is 5.66. The fourth-order valence-electron chi connectivity index (χ4n) is 3.26. The van der Waals surface area contributed by atoms with Crippen LogP contribution in [-0.4, -0.2) is 20.7 Å². The van der Waals surface area contributed by atoms with E-state index >= 15 is 0 Å². The van der Waals surface area contributed by atoms with E-state index in [0.29, 0.717) is 16.9 Å². The van der Waals surface area contributed by atoms with Crippen molar-refractivity contribution in [1.82, 2.24) is 14.8 Å². The molecule has 0 aliphatic heterocycles. The monoisotopic (exact) mass is 466 g/mol. The molecule has 1 amide bonds. The van der Waals surface area contributed by atoms with Gasteiger partial charge < -0.3 is 5.32 Å². The zero-order chi connectivity index (χ0) is 20.8. The number of rotatable bonds is 5. The number of fused-ring (bicyclic) bond motifs is 1. The lowest BCUT2D eigenvalue weighted by atomic mass is 10.1. The number of benzene rings is 1. The smallest absolute Gasteiger partial charge is 0.324 e. The van der Waals surface area contributed by atoms with Crippen LogP contribution in [0, 0.1) is 5.92 Å². The molecule has 152 valence electrons. The highest BCUT2D eigenvalue weighted by Gasteiger charge is 2.38. The van der Waals surface area contributed by atoms with Gasteiger partial charge >= 0.3 is 6.18 Å². The third kappa shape index (κ3) is 4.14. The quantitative estimate of drug-likeness (QED) is 0.550. The predicted octanol–water partition coefficient (Wildman–Crippen LogP) is 5.36. The fraction of sp³-hybridized carbons (Fsp3) is 0.350. The molecule has 1 unspecified atom stereocenters. The van der Waals surface area contributed by atoms with Gasteiger partial charge in [-0.2, -0.15) is 18.3 Å². The number of carbonyl (C=O) groups is 1. The Kier molecular flexibility index (Phi) is 5.10. The first-order valence-electron chi connectivity index (χ1n) is 9.23. The van der Waals surface area contributed by atoms with E-state index in [0.717, 1.165) is 28.8 Å². The second-order valence-electron chi connectivity index (χ2n) is 7.29. The van der Waals surface area contributed by atoms with Crippen LogP contribution in [0.1, 0.15) is 37.1 Å². The van der Waals surface area contributed by atoms with Gasteiger partial charge in [-0.25, -0.2) is 0 Å². The molecule has 9 heteroatoms. The number of carbonyl (C=O) groups excluding carboxylic acids is 1. The van der Waals surface area contributed by atoms with Crippen LogP contribution >= 0.6 is 15.9 Å². The highest BCUT2D eigenvalue weighted by atomic mass is 79.9. The molecule has 0 radical (unpaired) electrons. The van der Waals surface area contributed by atoms with E-state index in [2.05, 4.69) is 31.3 Å². The van der Waals surface area contributed by atoms with Gasteiger partial charge in [0.05, 0.1) is 23.7 Å². The Bertz CT molecular complexity index is 1080. The summed E-state index contributed by atoms with van der Waals surface area (Å²) in [6, 6.07) is 8.36. The Morgan fingerprint density at radius 1 is 1.34 bits per heavy atom. The Balaban J connectivity index is 1.54. The molecular formula is C20H18BrF3N4O. The number of nitrogens with one attached hydrogen (secondary N) is 1. The highest BCUT2D eigenvalue weighted by molar-refractivity contribution is 9.10. The van der Waals surface area contributed by atoms with Crippen LogP contribution in [0.5, 0.6) is 0 Å². The highest BCUT2D eigenvalue weighted by Crippen LogP contribution is 2.42.